The van der Waals surface area contributed by atoms with Crippen LogP contribution in [0.4, 0.5) is 0 Å². The summed E-state index contributed by atoms with van der Waals surface area (Å²) in [5, 5.41) is 11.9. The first kappa shape index (κ1) is 13.6. The maximum atomic E-state index is 11.9. The molecule has 1 heterocycles. The van der Waals surface area contributed by atoms with Crippen molar-refractivity contribution in [3.63, 3.8) is 0 Å². The molecule has 1 unspecified atom stereocenters. The molecule has 1 aromatic rings. The number of aryl methyl sites for hydroxylation is 1. The lowest BCUT2D eigenvalue weighted by Crippen LogP contribution is -2.29. The van der Waals surface area contributed by atoms with Gasteiger partial charge in [0.15, 0.2) is 0 Å². The molecular formula is C14H21NO2S. The number of rotatable bonds is 4. The van der Waals surface area contributed by atoms with Gasteiger partial charge in [-0.25, -0.2) is 0 Å². The Morgan fingerprint density at radius 1 is 1.67 bits per heavy atom. The van der Waals surface area contributed by atoms with Crippen LogP contribution in [-0.4, -0.2) is 23.7 Å². The Balaban J connectivity index is 2.03. The van der Waals surface area contributed by atoms with Crippen LogP contribution in [0.2, 0.25) is 0 Å². The van der Waals surface area contributed by atoms with Crippen molar-refractivity contribution >= 4 is 17.2 Å². The first-order valence-electron chi connectivity index (χ1n) is 6.68. The third-order valence-electron chi connectivity index (χ3n) is 3.54. The van der Waals surface area contributed by atoms with Gasteiger partial charge in [0.2, 0.25) is 0 Å². The van der Waals surface area contributed by atoms with E-state index in [2.05, 4.69) is 12.2 Å². The maximum Gasteiger partial charge on any atom is 0.261 e. The van der Waals surface area contributed by atoms with Crippen LogP contribution in [-0.2, 0) is 12.8 Å². The Labute approximate surface area is 112 Å². The summed E-state index contributed by atoms with van der Waals surface area (Å²) in [5.41, 5.74) is 1.36. The van der Waals surface area contributed by atoms with E-state index < -0.39 is 6.10 Å². The molecule has 3 nitrogen and oxygen atoms in total. The lowest BCUT2D eigenvalue weighted by Gasteiger charge is -2.19. The van der Waals surface area contributed by atoms with Crippen LogP contribution in [0, 0.1) is 5.92 Å². The second kappa shape index (κ2) is 5.85. The van der Waals surface area contributed by atoms with Crippen molar-refractivity contribution < 1.29 is 9.90 Å². The topological polar surface area (TPSA) is 49.3 Å². The van der Waals surface area contributed by atoms with E-state index in [4.69, 9.17) is 5.11 Å². The third kappa shape index (κ3) is 3.12. The van der Waals surface area contributed by atoms with Crippen LogP contribution < -0.4 is 5.32 Å². The summed E-state index contributed by atoms with van der Waals surface area (Å²) in [6.07, 6.45) is 4.21. The number of hydrogen-bond acceptors (Lipinski definition) is 3. The second-order valence-electron chi connectivity index (χ2n) is 5.14. The summed E-state index contributed by atoms with van der Waals surface area (Å²) in [5.74, 6) is 0.726. The Morgan fingerprint density at radius 3 is 3.11 bits per heavy atom. The molecule has 18 heavy (non-hydrogen) atoms. The normalized spacial score (nSPS) is 20.3. The van der Waals surface area contributed by atoms with Crippen LogP contribution in [0.3, 0.4) is 0 Å². The fraction of sp³-hybridized carbons (Fsp3) is 0.643. The van der Waals surface area contributed by atoms with Gasteiger partial charge in [-0.15, -0.1) is 11.3 Å². The first-order valence-corrected chi connectivity index (χ1v) is 7.49. The molecule has 4 heteroatoms. The highest BCUT2D eigenvalue weighted by molar-refractivity contribution is 7.14. The maximum absolute atomic E-state index is 11.9. The SMILES string of the molecule is CCC1CCc2sc(C(=O)NC[C@@H](C)O)cc2C1. The van der Waals surface area contributed by atoms with Crippen LogP contribution >= 0.6 is 11.3 Å². The fourth-order valence-electron chi connectivity index (χ4n) is 2.39. The number of aliphatic hydroxyl groups is 1. The molecule has 1 aliphatic rings. The van der Waals surface area contributed by atoms with E-state index in [9.17, 15) is 4.79 Å². The predicted octanol–water partition coefficient (Wildman–Crippen LogP) is 2.37. The molecule has 1 aliphatic carbocycles. The van der Waals surface area contributed by atoms with E-state index in [1.165, 1.54) is 23.3 Å². The predicted molar refractivity (Wildman–Crippen MR) is 74.1 cm³/mol. The monoisotopic (exact) mass is 267 g/mol. The molecule has 1 aromatic heterocycles. The average Bonchev–Trinajstić information content (AvgIpc) is 2.78. The standard InChI is InChI=1S/C14H21NO2S/c1-3-10-4-5-12-11(6-10)7-13(18-12)14(17)15-8-9(2)16/h7,9-10,16H,3-6,8H2,1-2H3,(H,15,17)/t9-,10?/m1/s1. The van der Waals surface area contributed by atoms with Gasteiger partial charge in [0, 0.05) is 11.4 Å². The zero-order valence-electron chi connectivity index (χ0n) is 11.0. The van der Waals surface area contributed by atoms with Gasteiger partial charge in [0.05, 0.1) is 11.0 Å². The summed E-state index contributed by atoms with van der Waals surface area (Å²) >= 11 is 1.61. The van der Waals surface area contributed by atoms with E-state index in [0.29, 0.717) is 6.54 Å². The number of amides is 1. The minimum Gasteiger partial charge on any atom is -0.392 e. The van der Waals surface area contributed by atoms with E-state index in [1.54, 1.807) is 18.3 Å². The quantitative estimate of drug-likeness (QED) is 0.880. The van der Waals surface area contributed by atoms with Crippen molar-refractivity contribution in [2.75, 3.05) is 6.54 Å². The zero-order valence-corrected chi connectivity index (χ0v) is 11.8. The fourth-order valence-corrected chi connectivity index (χ4v) is 3.51. The number of fused-ring (bicyclic) bond motifs is 1. The highest BCUT2D eigenvalue weighted by Gasteiger charge is 2.21. The van der Waals surface area contributed by atoms with E-state index in [1.807, 2.05) is 6.07 Å². The number of thiophene rings is 1. The average molecular weight is 267 g/mol. The molecular weight excluding hydrogens is 246 g/mol. The van der Waals surface area contributed by atoms with Crippen molar-refractivity contribution in [1.29, 1.82) is 0 Å². The molecule has 0 saturated heterocycles. The van der Waals surface area contributed by atoms with Crippen molar-refractivity contribution in [2.24, 2.45) is 5.92 Å². The van der Waals surface area contributed by atoms with Crippen LogP contribution in [0.1, 0.15) is 46.8 Å². The van der Waals surface area contributed by atoms with Gasteiger partial charge in [-0.3, -0.25) is 4.79 Å². The Bertz CT molecular complexity index is 425. The molecule has 0 saturated carbocycles. The van der Waals surface area contributed by atoms with Gasteiger partial charge in [-0.1, -0.05) is 13.3 Å². The van der Waals surface area contributed by atoms with Crippen LogP contribution in [0.25, 0.3) is 0 Å². The molecule has 1 amide bonds. The Kier molecular flexibility index (Phi) is 4.40. The molecule has 0 radical (unpaired) electrons. The zero-order chi connectivity index (χ0) is 13.1. The Hall–Kier alpha value is -0.870. The minimum atomic E-state index is -0.493. The number of aliphatic hydroxyl groups excluding tert-OH is 1. The molecule has 2 atom stereocenters. The lowest BCUT2D eigenvalue weighted by molar-refractivity contribution is 0.0928. The van der Waals surface area contributed by atoms with E-state index in [-0.39, 0.29) is 5.91 Å². The van der Waals surface area contributed by atoms with E-state index in [0.717, 1.165) is 23.6 Å². The lowest BCUT2D eigenvalue weighted by atomic mass is 9.87. The highest BCUT2D eigenvalue weighted by Crippen LogP contribution is 2.33. The van der Waals surface area contributed by atoms with Crippen LogP contribution in [0.5, 0.6) is 0 Å². The molecule has 0 fully saturated rings. The molecule has 0 aliphatic heterocycles. The van der Waals surface area contributed by atoms with E-state index >= 15 is 0 Å². The largest absolute Gasteiger partial charge is 0.392 e. The summed E-state index contributed by atoms with van der Waals surface area (Å²) < 4.78 is 0. The second-order valence-corrected chi connectivity index (χ2v) is 6.27. The molecule has 0 aromatic carbocycles. The van der Waals surface area contributed by atoms with Gasteiger partial charge in [-0.05, 0) is 43.7 Å². The third-order valence-corrected chi connectivity index (χ3v) is 4.78. The number of nitrogens with one attached hydrogen (secondary N) is 1. The first-order chi connectivity index (χ1) is 8.60. The molecule has 0 spiro atoms. The van der Waals surface area contributed by atoms with Crippen molar-refractivity contribution in [3.8, 4) is 0 Å². The molecule has 2 N–H and O–H groups in total. The van der Waals surface area contributed by atoms with Crippen molar-refractivity contribution in [1.82, 2.24) is 5.32 Å². The number of hydrogen-bond donors (Lipinski definition) is 2. The molecule has 100 valence electrons. The molecule has 0 bridgehead atoms. The van der Waals surface area contributed by atoms with Crippen molar-refractivity contribution in [3.05, 3.63) is 21.4 Å². The highest BCUT2D eigenvalue weighted by atomic mass is 32.1. The Morgan fingerprint density at radius 2 is 2.44 bits per heavy atom. The van der Waals surface area contributed by atoms with Crippen LogP contribution in [0.15, 0.2) is 6.07 Å². The summed E-state index contributed by atoms with van der Waals surface area (Å²) in [6, 6.07) is 2.04. The number of carbonyl (C=O) groups excluding carboxylic acids is 1. The summed E-state index contributed by atoms with van der Waals surface area (Å²) in [6.45, 7) is 4.23. The number of carbonyl (C=O) groups is 1. The molecule has 2 rings (SSSR count). The van der Waals surface area contributed by atoms with Gasteiger partial charge in [0.1, 0.15) is 0 Å². The van der Waals surface area contributed by atoms with Crippen molar-refractivity contribution in [2.45, 2.75) is 45.6 Å². The van der Waals surface area contributed by atoms with Gasteiger partial charge >= 0.3 is 0 Å². The summed E-state index contributed by atoms with van der Waals surface area (Å²) in [4.78, 5) is 14.1. The summed E-state index contributed by atoms with van der Waals surface area (Å²) in [7, 11) is 0. The van der Waals surface area contributed by atoms with Gasteiger partial charge < -0.3 is 10.4 Å². The van der Waals surface area contributed by atoms with Gasteiger partial charge in [0.25, 0.3) is 5.91 Å². The van der Waals surface area contributed by atoms with Gasteiger partial charge in [-0.2, -0.15) is 0 Å². The minimum absolute atomic E-state index is 0.0525. The smallest absolute Gasteiger partial charge is 0.261 e.